The Hall–Kier alpha value is -4.67. The first-order valence-electron chi connectivity index (χ1n) is 17.1. The highest BCUT2D eigenvalue weighted by Gasteiger charge is 2.48. The Labute approximate surface area is 287 Å². The number of allylic oxidation sites excluding steroid dienone is 1. The maximum absolute atomic E-state index is 13.6. The van der Waals surface area contributed by atoms with E-state index >= 15 is 0 Å². The lowest BCUT2D eigenvalue weighted by Gasteiger charge is -2.53. The lowest BCUT2D eigenvalue weighted by Crippen LogP contribution is -2.58. The van der Waals surface area contributed by atoms with E-state index in [0.717, 1.165) is 31.1 Å². The highest BCUT2D eigenvalue weighted by atomic mass is 16.3. The topological polar surface area (TPSA) is 143 Å². The van der Waals surface area contributed by atoms with Crippen LogP contribution in [0, 0.1) is 24.2 Å². The number of para-hydroxylation sites is 1. The van der Waals surface area contributed by atoms with Gasteiger partial charge in [-0.3, -0.25) is 24.0 Å². The Balaban J connectivity index is 1.30. The van der Waals surface area contributed by atoms with Gasteiger partial charge < -0.3 is 29.8 Å². The molecule has 2 aromatic heterocycles. The van der Waals surface area contributed by atoms with Crippen LogP contribution in [0.15, 0.2) is 64.0 Å². The van der Waals surface area contributed by atoms with Gasteiger partial charge in [0.25, 0.3) is 11.5 Å². The summed E-state index contributed by atoms with van der Waals surface area (Å²) in [5.74, 6) is -0.451. The second kappa shape index (κ2) is 14.4. The molecule has 1 aromatic carbocycles. The predicted octanol–water partition coefficient (Wildman–Crippen LogP) is 5.18. The fraction of sp³-hybridized carbons (Fsp3) is 0.500. The van der Waals surface area contributed by atoms with Crippen LogP contribution < -0.4 is 21.5 Å². The van der Waals surface area contributed by atoms with E-state index in [1.54, 1.807) is 39.2 Å². The first-order chi connectivity index (χ1) is 23.1. The SMILES string of the molecule is Cc1c(C(=O)NC(CC/C=C/C(=O)N(C)C)C(=O)Nc2cccn(CC(=O)NC34CC(C)CC(CC(C)(C)C3)C4)c2=O)oc2ccccc12. The van der Waals surface area contributed by atoms with E-state index < -0.39 is 23.4 Å². The number of rotatable bonds is 11. The van der Waals surface area contributed by atoms with Crippen molar-refractivity contribution >= 4 is 40.3 Å². The molecule has 2 aliphatic rings. The van der Waals surface area contributed by atoms with Crippen LogP contribution in [-0.4, -0.2) is 58.8 Å². The molecule has 0 aliphatic heterocycles. The van der Waals surface area contributed by atoms with E-state index in [0.29, 0.717) is 29.4 Å². The molecule has 0 saturated heterocycles. The number of aromatic nitrogens is 1. The highest BCUT2D eigenvalue weighted by molar-refractivity contribution is 6.03. The Morgan fingerprint density at radius 2 is 1.84 bits per heavy atom. The molecule has 2 fully saturated rings. The number of anilines is 1. The quantitative estimate of drug-likeness (QED) is 0.240. The van der Waals surface area contributed by atoms with Crippen molar-refractivity contribution in [3.8, 4) is 0 Å². The van der Waals surface area contributed by atoms with Gasteiger partial charge in [-0.15, -0.1) is 0 Å². The number of carbonyl (C=O) groups is 4. The molecule has 11 nitrogen and oxygen atoms in total. The highest BCUT2D eigenvalue weighted by Crippen LogP contribution is 2.52. The van der Waals surface area contributed by atoms with E-state index in [2.05, 4.69) is 36.7 Å². The molecule has 3 aromatic rings. The number of carbonyl (C=O) groups excluding carboxylic acids is 4. The van der Waals surface area contributed by atoms with E-state index in [1.165, 1.54) is 34.2 Å². The number of fused-ring (bicyclic) bond motifs is 3. The molecule has 11 heteroatoms. The monoisotopic (exact) mass is 671 g/mol. The number of pyridine rings is 1. The standard InChI is InChI=1S/C38H49N5O6/c1-24-18-26-20-37(3,4)23-38(19-24,21-26)41-31(44)22-43-17-11-14-29(36(43)48)40-34(46)28(13-8-10-16-32(45)42(5)6)39-35(47)33-25(2)27-12-7-9-15-30(27)49-33/h7,9-12,14-17,24,26,28H,8,13,18-23H2,1-6H3,(H,39,47)(H,40,46)(H,41,44)/b16-10+. The van der Waals surface area contributed by atoms with Crippen LogP contribution >= 0.6 is 0 Å². The molecule has 49 heavy (non-hydrogen) atoms. The number of aryl methyl sites for hydroxylation is 1. The average Bonchev–Trinajstić information content (AvgIpc) is 3.35. The third-order valence-corrected chi connectivity index (χ3v) is 9.80. The minimum absolute atomic E-state index is 0.0129. The molecule has 5 rings (SSSR count). The molecule has 3 N–H and O–H groups in total. The maximum Gasteiger partial charge on any atom is 0.287 e. The number of hydrogen-bond donors (Lipinski definition) is 3. The van der Waals surface area contributed by atoms with Crippen LogP contribution in [0.3, 0.4) is 0 Å². The second-order valence-electron chi connectivity index (χ2n) is 15.1. The van der Waals surface area contributed by atoms with Crippen molar-refractivity contribution in [2.24, 2.45) is 17.3 Å². The number of hydrogen-bond acceptors (Lipinski definition) is 6. The van der Waals surface area contributed by atoms with E-state index in [9.17, 15) is 24.0 Å². The van der Waals surface area contributed by atoms with E-state index in [1.807, 2.05) is 18.2 Å². The lowest BCUT2D eigenvalue weighted by atomic mass is 9.56. The first-order valence-corrected chi connectivity index (χ1v) is 17.1. The van der Waals surface area contributed by atoms with Gasteiger partial charge in [-0.1, -0.05) is 45.0 Å². The summed E-state index contributed by atoms with van der Waals surface area (Å²) in [7, 11) is 3.27. The molecule has 0 radical (unpaired) electrons. The Kier molecular flexibility index (Phi) is 10.5. The number of nitrogens with one attached hydrogen (secondary N) is 3. The van der Waals surface area contributed by atoms with Crippen LogP contribution in [0.2, 0.25) is 0 Å². The summed E-state index contributed by atoms with van der Waals surface area (Å²) in [6.07, 6.45) is 10.1. The zero-order valence-corrected chi connectivity index (χ0v) is 29.4. The molecular weight excluding hydrogens is 622 g/mol. The van der Waals surface area contributed by atoms with Gasteiger partial charge in [0, 0.05) is 36.8 Å². The molecule has 4 atom stereocenters. The molecule has 2 heterocycles. The summed E-state index contributed by atoms with van der Waals surface area (Å²) in [6, 6.07) is 9.29. The van der Waals surface area contributed by atoms with Crippen molar-refractivity contribution in [1.29, 1.82) is 0 Å². The smallest absolute Gasteiger partial charge is 0.287 e. The van der Waals surface area contributed by atoms with Gasteiger partial charge in [0.2, 0.25) is 17.7 Å². The normalized spacial score (nSPS) is 22.0. The molecule has 4 unspecified atom stereocenters. The molecule has 2 bridgehead atoms. The third-order valence-electron chi connectivity index (χ3n) is 9.80. The summed E-state index contributed by atoms with van der Waals surface area (Å²) >= 11 is 0. The van der Waals surface area contributed by atoms with Gasteiger partial charge >= 0.3 is 0 Å². The molecule has 2 saturated carbocycles. The molecule has 2 aliphatic carbocycles. The predicted molar refractivity (Wildman–Crippen MR) is 189 cm³/mol. The molecule has 4 amide bonds. The molecule has 262 valence electrons. The van der Waals surface area contributed by atoms with Crippen LogP contribution in [0.5, 0.6) is 0 Å². The zero-order valence-electron chi connectivity index (χ0n) is 29.4. The van der Waals surface area contributed by atoms with E-state index in [4.69, 9.17) is 4.42 Å². The fourth-order valence-electron chi connectivity index (χ4n) is 8.20. The van der Waals surface area contributed by atoms with Crippen molar-refractivity contribution in [2.75, 3.05) is 19.4 Å². The van der Waals surface area contributed by atoms with Gasteiger partial charge in [0.15, 0.2) is 5.76 Å². The van der Waals surface area contributed by atoms with Gasteiger partial charge in [-0.2, -0.15) is 0 Å². The van der Waals surface area contributed by atoms with Crippen molar-refractivity contribution in [2.45, 2.75) is 90.8 Å². The summed E-state index contributed by atoms with van der Waals surface area (Å²) in [6.45, 7) is 8.37. The lowest BCUT2D eigenvalue weighted by molar-refractivity contribution is -0.126. The minimum Gasteiger partial charge on any atom is -0.451 e. The number of nitrogens with zero attached hydrogens (tertiary/aromatic N) is 2. The number of furan rings is 1. The number of likely N-dealkylation sites (N-methyl/N-ethyl adjacent to an activating group) is 1. The molecule has 0 spiro atoms. The third kappa shape index (κ3) is 8.50. The Morgan fingerprint density at radius 1 is 1.08 bits per heavy atom. The fourth-order valence-corrected chi connectivity index (χ4v) is 8.20. The average molecular weight is 672 g/mol. The van der Waals surface area contributed by atoms with Gasteiger partial charge in [0.05, 0.1) is 0 Å². The number of benzene rings is 1. The zero-order chi connectivity index (χ0) is 35.5. The first kappa shape index (κ1) is 35.6. The van der Waals surface area contributed by atoms with Gasteiger partial charge in [-0.25, -0.2) is 0 Å². The number of amides is 4. The van der Waals surface area contributed by atoms with Gasteiger partial charge in [0.1, 0.15) is 23.9 Å². The van der Waals surface area contributed by atoms with Gasteiger partial charge in [-0.05, 0) is 93.4 Å². The summed E-state index contributed by atoms with van der Waals surface area (Å²) in [5.41, 5.74) is 0.492. The largest absolute Gasteiger partial charge is 0.451 e. The van der Waals surface area contributed by atoms with E-state index in [-0.39, 0.29) is 47.2 Å². The van der Waals surface area contributed by atoms with Crippen LogP contribution in [-0.2, 0) is 20.9 Å². The van der Waals surface area contributed by atoms with Crippen LogP contribution in [0.25, 0.3) is 11.0 Å². The Bertz CT molecular complexity index is 1820. The van der Waals surface area contributed by atoms with Crippen molar-refractivity contribution in [3.63, 3.8) is 0 Å². The van der Waals surface area contributed by atoms with Crippen molar-refractivity contribution in [3.05, 3.63) is 76.4 Å². The summed E-state index contributed by atoms with van der Waals surface area (Å²) in [5, 5.41) is 9.55. The second-order valence-corrected chi connectivity index (χ2v) is 15.1. The minimum atomic E-state index is -1.06. The summed E-state index contributed by atoms with van der Waals surface area (Å²) < 4.78 is 7.10. The van der Waals surface area contributed by atoms with Crippen molar-refractivity contribution < 1.29 is 23.6 Å². The maximum atomic E-state index is 13.6. The Morgan fingerprint density at radius 3 is 2.57 bits per heavy atom. The van der Waals surface area contributed by atoms with Crippen LogP contribution in [0.4, 0.5) is 5.69 Å². The molecular formula is C38H49N5O6. The summed E-state index contributed by atoms with van der Waals surface area (Å²) in [4.78, 5) is 67.4. The van der Waals surface area contributed by atoms with Crippen LogP contribution in [0.1, 0.15) is 81.8 Å². The van der Waals surface area contributed by atoms with Crippen molar-refractivity contribution in [1.82, 2.24) is 20.1 Å².